The molecule has 1 unspecified atom stereocenters. The van der Waals surface area contributed by atoms with E-state index in [0.29, 0.717) is 6.61 Å². The number of methoxy groups -OCH3 is 1. The summed E-state index contributed by atoms with van der Waals surface area (Å²) >= 11 is 0. The molecule has 0 saturated carbocycles. The van der Waals surface area contributed by atoms with Gasteiger partial charge >= 0.3 is 6.09 Å². The van der Waals surface area contributed by atoms with Gasteiger partial charge in [-0.15, -0.1) is 0 Å². The number of imidazole rings is 1. The molecule has 1 aromatic heterocycles. The van der Waals surface area contributed by atoms with Crippen LogP contribution in [0.15, 0.2) is 49.1 Å². The number of carbonyl (C=O) groups is 1. The van der Waals surface area contributed by atoms with Crippen molar-refractivity contribution in [2.24, 2.45) is 0 Å². The molecule has 94 valence electrons. The first-order valence-electron chi connectivity index (χ1n) is 5.54. The molecule has 1 atom stereocenters. The Bertz CT molecular complexity index is 482. The minimum absolute atomic E-state index is 0.310. The van der Waals surface area contributed by atoms with Crippen LogP contribution in [0, 0.1) is 0 Å². The van der Waals surface area contributed by atoms with E-state index in [9.17, 15) is 4.79 Å². The zero-order chi connectivity index (χ0) is 12.8. The zero-order valence-corrected chi connectivity index (χ0v) is 10.0. The lowest BCUT2D eigenvalue weighted by molar-refractivity contribution is 0.0391. The standard InChI is InChI=1S/C13H14N2O3/c1-17-9-12(11-5-3-2-4-6-11)18-13(16)15-8-7-14-10-15/h2-8,10,12H,9H2,1H3. The van der Waals surface area contributed by atoms with Crippen molar-refractivity contribution in [3.8, 4) is 0 Å². The monoisotopic (exact) mass is 246 g/mol. The van der Waals surface area contributed by atoms with E-state index in [0.717, 1.165) is 5.56 Å². The Morgan fingerprint density at radius 1 is 1.39 bits per heavy atom. The van der Waals surface area contributed by atoms with Crippen molar-refractivity contribution in [3.63, 3.8) is 0 Å². The predicted octanol–water partition coefficient (Wildman–Crippen LogP) is 2.26. The van der Waals surface area contributed by atoms with Crippen LogP contribution in [0.1, 0.15) is 11.7 Å². The number of hydrogen-bond acceptors (Lipinski definition) is 4. The van der Waals surface area contributed by atoms with Crippen LogP contribution in [0.5, 0.6) is 0 Å². The molecule has 1 heterocycles. The fourth-order valence-electron chi connectivity index (χ4n) is 1.57. The summed E-state index contributed by atoms with van der Waals surface area (Å²) in [6, 6.07) is 9.48. The van der Waals surface area contributed by atoms with Gasteiger partial charge in [0.05, 0.1) is 6.61 Å². The van der Waals surface area contributed by atoms with E-state index in [2.05, 4.69) is 4.98 Å². The van der Waals surface area contributed by atoms with Crippen LogP contribution in [0.3, 0.4) is 0 Å². The smallest absolute Gasteiger partial charge is 0.419 e. The van der Waals surface area contributed by atoms with Gasteiger partial charge in [-0.2, -0.15) is 0 Å². The number of nitrogens with zero attached hydrogens (tertiary/aromatic N) is 2. The van der Waals surface area contributed by atoms with E-state index in [1.165, 1.54) is 23.3 Å². The average Bonchev–Trinajstić information content (AvgIpc) is 2.93. The quantitative estimate of drug-likeness (QED) is 0.830. The number of rotatable bonds is 4. The van der Waals surface area contributed by atoms with E-state index in [1.54, 1.807) is 7.11 Å². The number of aromatic nitrogens is 2. The Morgan fingerprint density at radius 2 is 2.17 bits per heavy atom. The van der Waals surface area contributed by atoms with Gasteiger partial charge in [0.15, 0.2) is 6.10 Å². The van der Waals surface area contributed by atoms with Crippen molar-refractivity contribution in [3.05, 3.63) is 54.6 Å². The number of ether oxygens (including phenoxy) is 2. The molecule has 0 N–H and O–H groups in total. The van der Waals surface area contributed by atoms with Crippen molar-refractivity contribution >= 4 is 6.09 Å². The Balaban J connectivity index is 2.10. The number of benzene rings is 1. The maximum atomic E-state index is 11.8. The summed E-state index contributed by atoms with van der Waals surface area (Å²) in [6.45, 7) is 0.310. The Morgan fingerprint density at radius 3 is 2.78 bits per heavy atom. The van der Waals surface area contributed by atoms with Gasteiger partial charge in [0.1, 0.15) is 6.33 Å². The van der Waals surface area contributed by atoms with Crippen molar-refractivity contribution in [2.75, 3.05) is 13.7 Å². The highest BCUT2D eigenvalue weighted by Crippen LogP contribution is 2.18. The molecule has 2 aromatic rings. The lowest BCUT2D eigenvalue weighted by atomic mass is 10.1. The van der Waals surface area contributed by atoms with Crippen LogP contribution < -0.4 is 0 Å². The van der Waals surface area contributed by atoms with Gasteiger partial charge in [0.25, 0.3) is 0 Å². The first-order chi connectivity index (χ1) is 8.81. The fraction of sp³-hybridized carbons (Fsp3) is 0.231. The molecule has 5 heteroatoms. The minimum atomic E-state index is -0.474. The molecule has 0 amide bonds. The summed E-state index contributed by atoms with van der Waals surface area (Å²) in [5, 5.41) is 0. The summed E-state index contributed by atoms with van der Waals surface area (Å²) in [5.74, 6) is 0. The molecule has 18 heavy (non-hydrogen) atoms. The molecular formula is C13H14N2O3. The van der Waals surface area contributed by atoms with E-state index in [4.69, 9.17) is 9.47 Å². The Labute approximate surface area is 105 Å². The first kappa shape index (κ1) is 12.3. The molecule has 2 rings (SSSR count). The SMILES string of the molecule is COCC(OC(=O)n1ccnc1)c1ccccc1. The highest BCUT2D eigenvalue weighted by molar-refractivity contribution is 5.70. The van der Waals surface area contributed by atoms with Crippen LogP contribution in [-0.4, -0.2) is 29.4 Å². The van der Waals surface area contributed by atoms with Crippen molar-refractivity contribution in [1.82, 2.24) is 9.55 Å². The largest absolute Gasteiger partial charge is 0.438 e. The van der Waals surface area contributed by atoms with Crippen molar-refractivity contribution in [2.45, 2.75) is 6.10 Å². The molecule has 0 saturated heterocycles. The minimum Gasteiger partial charge on any atom is -0.438 e. The lowest BCUT2D eigenvalue weighted by Crippen LogP contribution is -2.19. The lowest BCUT2D eigenvalue weighted by Gasteiger charge is -2.17. The predicted molar refractivity (Wildman–Crippen MR) is 65.2 cm³/mol. The Hall–Kier alpha value is -2.14. The summed E-state index contributed by atoms with van der Waals surface area (Å²) in [6.07, 6.45) is 3.56. The van der Waals surface area contributed by atoms with Gasteiger partial charge in [-0.1, -0.05) is 30.3 Å². The van der Waals surface area contributed by atoms with Crippen LogP contribution in [0.25, 0.3) is 0 Å². The normalized spacial score (nSPS) is 12.1. The second-order valence-corrected chi connectivity index (χ2v) is 3.71. The second kappa shape index (κ2) is 5.97. The third-order valence-corrected chi connectivity index (χ3v) is 2.45. The van der Waals surface area contributed by atoms with Gasteiger partial charge < -0.3 is 9.47 Å². The fourth-order valence-corrected chi connectivity index (χ4v) is 1.57. The Kier molecular flexibility index (Phi) is 4.09. The van der Waals surface area contributed by atoms with Crippen molar-refractivity contribution in [1.29, 1.82) is 0 Å². The maximum absolute atomic E-state index is 11.8. The van der Waals surface area contributed by atoms with Gasteiger partial charge in [0, 0.05) is 19.5 Å². The van der Waals surface area contributed by atoms with E-state index < -0.39 is 12.2 Å². The second-order valence-electron chi connectivity index (χ2n) is 3.71. The van der Waals surface area contributed by atoms with E-state index in [1.807, 2.05) is 30.3 Å². The third-order valence-electron chi connectivity index (χ3n) is 2.45. The molecule has 5 nitrogen and oxygen atoms in total. The summed E-state index contributed by atoms with van der Waals surface area (Å²) in [5.41, 5.74) is 0.896. The average molecular weight is 246 g/mol. The van der Waals surface area contributed by atoms with Gasteiger partial charge in [-0.3, -0.25) is 0 Å². The molecule has 0 aliphatic heterocycles. The third kappa shape index (κ3) is 2.95. The van der Waals surface area contributed by atoms with E-state index >= 15 is 0 Å². The molecule has 0 spiro atoms. The first-order valence-corrected chi connectivity index (χ1v) is 5.54. The van der Waals surface area contributed by atoms with Crippen LogP contribution in [0.2, 0.25) is 0 Å². The van der Waals surface area contributed by atoms with Gasteiger partial charge in [0.2, 0.25) is 0 Å². The molecule has 0 fully saturated rings. The molecule has 0 aliphatic carbocycles. The molecule has 0 radical (unpaired) electrons. The molecule has 0 bridgehead atoms. The van der Waals surface area contributed by atoms with Gasteiger partial charge in [-0.25, -0.2) is 14.3 Å². The number of carbonyl (C=O) groups excluding carboxylic acids is 1. The van der Waals surface area contributed by atoms with Crippen LogP contribution in [0.4, 0.5) is 4.79 Å². The summed E-state index contributed by atoms with van der Waals surface area (Å²) in [7, 11) is 1.57. The summed E-state index contributed by atoms with van der Waals surface area (Å²) < 4.78 is 11.7. The number of hydrogen-bond donors (Lipinski definition) is 0. The van der Waals surface area contributed by atoms with Crippen LogP contribution in [-0.2, 0) is 9.47 Å². The maximum Gasteiger partial charge on any atom is 0.419 e. The van der Waals surface area contributed by atoms with Crippen LogP contribution >= 0.6 is 0 Å². The highest BCUT2D eigenvalue weighted by atomic mass is 16.6. The van der Waals surface area contributed by atoms with Crippen molar-refractivity contribution < 1.29 is 14.3 Å². The zero-order valence-electron chi connectivity index (χ0n) is 10.0. The summed E-state index contributed by atoms with van der Waals surface area (Å²) in [4.78, 5) is 15.6. The molecular weight excluding hydrogens is 232 g/mol. The van der Waals surface area contributed by atoms with Gasteiger partial charge in [-0.05, 0) is 5.56 Å². The molecule has 0 aliphatic rings. The highest BCUT2D eigenvalue weighted by Gasteiger charge is 2.17. The molecule has 1 aromatic carbocycles. The van der Waals surface area contributed by atoms with E-state index in [-0.39, 0.29) is 0 Å². The topological polar surface area (TPSA) is 53.4 Å².